The van der Waals surface area contributed by atoms with Crippen molar-refractivity contribution in [3.8, 4) is 0 Å². The molecule has 1 heterocycles. The number of hydrogen-bond acceptors (Lipinski definition) is 3. The van der Waals surface area contributed by atoms with Gasteiger partial charge in [-0.1, -0.05) is 64.0 Å². The number of unbranched alkanes of at least 4 members (excludes halogenated alkanes) is 10. The van der Waals surface area contributed by atoms with Gasteiger partial charge < -0.3 is 0 Å². The van der Waals surface area contributed by atoms with Crippen molar-refractivity contribution in [2.75, 3.05) is 0 Å². The predicted octanol–water partition coefficient (Wildman–Crippen LogP) is 6.29. The van der Waals surface area contributed by atoms with Gasteiger partial charge in [0.2, 0.25) is 0 Å². The number of allylic oxidation sites excluding steroid dienone is 2. The summed E-state index contributed by atoms with van der Waals surface area (Å²) < 4.78 is 0. The summed E-state index contributed by atoms with van der Waals surface area (Å²) in [5, 5.41) is 8.31. The first-order valence-corrected chi connectivity index (χ1v) is 10.1. The van der Waals surface area contributed by atoms with Gasteiger partial charge in [-0.3, -0.25) is 0 Å². The van der Waals surface area contributed by atoms with Crippen LogP contribution < -0.4 is 0 Å². The molecule has 0 N–H and O–H groups in total. The van der Waals surface area contributed by atoms with Crippen molar-refractivity contribution in [1.82, 2.24) is 15.2 Å². The fourth-order valence-corrected chi connectivity index (χ4v) is 2.78. The van der Waals surface area contributed by atoms with Crippen LogP contribution in [-0.2, 0) is 6.42 Å². The molecule has 1 aromatic heterocycles. The Morgan fingerprint density at radius 1 is 0.667 bits per heavy atom. The summed E-state index contributed by atoms with van der Waals surface area (Å²) in [6.45, 7) is 6.24. The van der Waals surface area contributed by atoms with E-state index in [-0.39, 0.29) is 0 Å². The maximum atomic E-state index is 4.49. The van der Waals surface area contributed by atoms with Gasteiger partial charge in [0, 0.05) is 6.42 Å². The average Bonchev–Trinajstić information content (AvgIpc) is 2.58. The number of hydrogen-bond donors (Lipinski definition) is 0. The second-order valence-corrected chi connectivity index (χ2v) is 6.88. The van der Waals surface area contributed by atoms with E-state index in [2.05, 4.69) is 34.3 Å². The summed E-state index contributed by atoms with van der Waals surface area (Å²) in [5.74, 6) is 0.900. The third-order valence-electron chi connectivity index (χ3n) is 4.55. The van der Waals surface area contributed by atoms with Crippen molar-refractivity contribution in [2.24, 2.45) is 0 Å². The van der Waals surface area contributed by atoms with E-state index >= 15 is 0 Å². The van der Waals surface area contributed by atoms with Crippen molar-refractivity contribution < 1.29 is 0 Å². The van der Waals surface area contributed by atoms with E-state index in [9.17, 15) is 0 Å². The highest BCUT2D eigenvalue weighted by Gasteiger charge is 2.01. The monoisotopic (exact) mass is 331 g/mol. The molecular weight excluding hydrogens is 294 g/mol. The molecule has 1 aromatic rings. The SMILES string of the molecule is CCCCCCCC/C=C\CCCCCCc1nnc(C)c(C)n1. The van der Waals surface area contributed by atoms with E-state index in [1.54, 1.807) is 0 Å². The molecule has 0 radical (unpaired) electrons. The summed E-state index contributed by atoms with van der Waals surface area (Å²) in [7, 11) is 0. The van der Waals surface area contributed by atoms with Gasteiger partial charge in [-0.15, -0.1) is 5.10 Å². The van der Waals surface area contributed by atoms with Crippen molar-refractivity contribution in [1.29, 1.82) is 0 Å². The Bertz CT molecular complexity index is 454. The van der Waals surface area contributed by atoms with Crippen LogP contribution in [-0.4, -0.2) is 15.2 Å². The minimum Gasteiger partial charge on any atom is -0.234 e. The second-order valence-electron chi connectivity index (χ2n) is 6.88. The average molecular weight is 332 g/mol. The van der Waals surface area contributed by atoms with Crippen LogP contribution in [0.15, 0.2) is 12.2 Å². The minimum atomic E-state index is 0.900. The normalized spacial score (nSPS) is 11.5. The molecule has 24 heavy (non-hydrogen) atoms. The summed E-state index contributed by atoms with van der Waals surface area (Å²) in [4.78, 5) is 4.49. The van der Waals surface area contributed by atoms with Crippen LogP contribution in [0.1, 0.15) is 101 Å². The van der Waals surface area contributed by atoms with Gasteiger partial charge in [-0.2, -0.15) is 5.10 Å². The zero-order chi connectivity index (χ0) is 17.5. The van der Waals surface area contributed by atoms with Gasteiger partial charge in [0.15, 0.2) is 5.82 Å². The third kappa shape index (κ3) is 10.5. The maximum absolute atomic E-state index is 4.49. The summed E-state index contributed by atoms with van der Waals surface area (Å²) in [5.41, 5.74) is 1.95. The molecule has 0 amide bonds. The molecule has 0 saturated heterocycles. The first kappa shape index (κ1) is 20.8. The minimum absolute atomic E-state index is 0.900. The summed E-state index contributed by atoms with van der Waals surface area (Å²) >= 11 is 0. The molecular formula is C21H37N3. The number of aromatic nitrogens is 3. The summed E-state index contributed by atoms with van der Waals surface area (Å²) in [6.07, 6.45) is 21.6. The lowest BCUT2D eigenvalue weighted by atomic mass is 10.1. The Labute approximate surface area is 149 Å². The largest absolute Gasteiger partial charge is 0.234 e. The molecule has 0 saturated carbocycles. The van der Waals surface area contributed by atoms with Crippen LogP contribution in [0.25, 0.3) is 0 Å². The van der Waals surface area contributed by atoms with Gasteiger partial charge in [0.05, 0.1) is 11.4 Å². The number of rotatable bonds is 14. The third-order valence-corrected chi connectivity index (χ3v) is 4.55. The predicted molar refractivity (Wildman–Crippen MR) is 103 cm³/mol. The topological polar surface area (TPSA) is 38.7 Å². The maximum Gasteiger partial charge on any atom is 0.151 e. The number of aryl methyl sites for hydroxylation is 3. The molecule has 0 aromatic carbocycles. The Hall–Kier alpha value is -1.25. The highest BCUT2D eigenvalue weighted by molar-refractivity contribution is 5.05. The standard InChI is InChI=1S/C21H37N3/c1-4-5-6-7-8-9-10-11-12-13-14-15-16-17-18-21-22-19(2)20(3)23-24-21/h11-12H,4-10,13-18H2,1-3H3/b12-11-. The molecule has 3 nitrogen and oxygen atoms in total. The molecule has 0 aliphatic heterocycles. The molecule has 0 unspecified atom stereocenters. The molecule has 0 spiro atoms. The smallest absolute Gasteiger partial charge is 0.151 e. The first-order valence-electron chi connectivity index (χ1n) is 10.1. The molecule has 0 fully saturated rings. The fraction of sp³-hybridized carbons (Fsp3) is 0.762. The molecule has 0 aliphatic rings. The van der Waals surface area contributed by atoms with Crippen molar-refractivity contribution >= 4 is 0 Å². The molecule has 0 aliphatic carbocycles. The van der Waals surface area contributed by atoms with Crippen LogP contribution >= 0.6 is 0 Å². The molecule has 0 bridgehead atoms. The zero-order valence-corrected chi connectivity index (χ0v) is 16.2. The highest BCUT2D eigenvalue weighted by Crippen LogP contribution is 2.09. The van der Waals surface area contributed by atoms with E-state index in [0.29, 0.717) is 0 Å². The van der Waals surface area contributed by atoms with Gasteiger partial charge >= 0.3 is 0 Å². The Kier molecular flexibility index (Phi) is 12.2. The van der Waals surface area contributed by atoms with Crippen LogP contribution in [0.4, 0.5) is 0 Å². The van der Waals surface area contributed by atoms with Gasteiger partial charge in [-0.05, 0) is 46.0 Å². The van der Waals surface area contributed by atoms with Crippen LogP contribution in [0.5, 0.6) is 0 Å². The van der Waals surface area contributed by atoms with Crippen LogP contribution in [0, 0.1) is 13.8 Å². The first-order chi connectivity index (χ1) is 11.7. The number of nitrogens with zero attached hydrogens (tertiary/aromatic N) is 3. The quantitative estimate of drug-likeness (QED) is 0.297. The molecule has 3 heteroatoms. The lowest BCUT2D eigenvalue weighted by molar-refractivity contribution is 0.610. The van der Waals surface area contributed by atoms with Crippen molar-refractivity contribution in [2.45, 2.75) is 104 Å². The lowest BCUT2D eigenvalue weighted by Crippen LogP contribution is -2.02. The van der Waals surface area contributed by atoms with Crippen LogP contribution in [0.3, 0.4) is 0 Å². The molecule has 0 atom stereocenters. The van der Waals surface area contributed by atoms with Crippen LogP contribution in [0.2, 0.25) is 0 Å². The zero-order valence-electron chi connectivity index (χ0n) is 16.2. The highest BCUT2D eigenvalue weighted by atomic mass is 15.2. The Morgan fingerprint density at radius 2 is 1.25 bits per heavy atom. The van der Waals surface area contributed by atoms with E-state index < -0.39 is 0 Å². The fourth-order valence-electron chi connectivity index (χ4n) is 2.78. The second kappa shape index (κ2) is 14.1. The van der Waals surface area contributed by atoms with Gasteiger partial charge in [0.25, 0.3) is 0 Å². The summed E-state index contributed by atoms with van der Waals surface area (Å²) in [6, 6.07) is 0. The molecule has 136 valence electrons. The Morgan fingerprint density at radius 3 is 1.88 bits per heavy atom. The van der Waals surface area contributed by atoms with E-state index in [1.807, 2.05) is 13.8 Å². The lowest BCUT2D eigenvalue weighted by Gasteiger charge is -2.02. The Balaban J connectivity index is 1.89. The van der Waals surface area contributed by atoms with E-state index in [1.165, 1.54) is 77.0 Å². The van der Waals surface area contributed by atoms with E-state index in [0.717, 1.165) is 23.6 Å². The van der Waals surface area contributed by atoms with Gasteiger partial charge in [-0.25, -0.2) is 4.98 Å². The molecule has 1 rings (SSSR count). The van der Waals surface area contributed by atoms with Gasteiger partial charge in [0.1, 0.15) is 0 Å². The van der Waals surface area contributed by atoms with Crippen molar-refractivity contribution in [3.05, 3.63) is 29.4 Å². The van der Waals surface area contributed by atoms with E-state index in [4.69, 9.17) is 0 Å². The van der Waals surface area contributed by atoms with Crippen molar-refractivity contribution in [3.63, 3.8) is 0 Å².